The lowest BCUT2D eigenvalue weighted by Crippen LogP contribution is -2.14. The van der Waals surface area contributed by atoms with E-state index < -0.39 is 23.5 Å². The zero-order valence-electron chi connectivity index (χ0n) is 10.5. The predicted molar refractivity (Wildman–Crippen MR) is 68.5 cm³/mol. The average Bonchev–Trinajstić information content (AvgIpc) is 2.64. The number of rotatable bonds is 3. The van der Waals surface area contributed by atoms with Gasteiger partial charge in [0.2, 0.25) is 0 Å². The van der Waals surface area contributed by atoms with Crippen molar-refractivity contribution in [2.24, 2.45) is 5.73 Å². The normalized spacial score (nSPS) is 12.7. The monoisotopic (exact) mass is 286 g/mol. The molecule has 0 saturated carbocycles. The van der Waals surface area contributed by atoms with E-state index in [0.29, 0.717) is 6.42 Å². The number of benzene rings is 1. The zero-order valence-corrected chi connectivity index (χ0v) is 11.3. The van der Waals surface area contributed by atoms with E-state index in [1.807, 2.05) is 13.8 Å². The summed E-state index contributed by atoms with van der Waals surface area (Å²) in [5.41, 5.74) is 7.03. The van der Waals surface area contributed by atoms with Crippen molar-refractivity contribution in [3.8, 4) is 0 Å². The number of aromatic nitrogens is 1. The van der Waals surface area contributed by atoms with Crippen molar-refractivity contribution in [2.75, 3.05) is 0 Å². The maximum atomic E-state index is 13.1. The van der Waals surface area contributed by atoms with Crippen molar-refractivity contribution in [1.82, 2.24) is 4.98 Å². The Morgan fingerprint density at radius 2 is 1.79 bits per heavy atom. The van der Waals surface area contributed by atoms with Crippen molar-refractivity contribution >= 4 is 11.3 Å². The molecule has 0 bridgehead atoms. The molecule has 1 heterocycles. The number of nitrogens with two attached hydrogens (primary N) is 1. The molecule has 0 radical (unpaired) electrons. The van der Waals surface area contributed by atoms with Gasteiger partial charge in [-0.3, -0.25) is 0 Å². The lowest BCUT2D eigenvalue weighted by atomic mass is 10.0. The Kier molecular flexibility index (Phi) is 3.91. The zero-order chi connectivity index (χ0) is 14.2. The van der Waals surface area contributed by atoms with E-state index in [2.05, 4.69) is 4.98 Å². The highest BCUT2D eigenvalue weighted by atomic mass is 32.1. The molecule has 102 valence electrons. The van der Waals surface area contributed by atoms with Gasteiger partial charge in [0.25, 0.3) is 0 Å². The largest absolute Gasteiger partial charge is 0.324 e. The summed E-state index contributed by atoms with van der Waals surface area (Å²) in [5, 5.41) is 0.799. The molecule has 0 fully saturated rings. The van der Waals surface area contributed by atoms with Gasteiger partial charge < -0.3 is 5.73 Å². The van der Waals surface area contributed by atoms with Crippen molar-refractivity contribution in [3.05, 3.63) is 50.7 Å². The first kappa shape index (κ1) is 14.0. The fourth-order valence-corrected chi connectivity index (χ4v) is 2.71. The quantitative estimate of drug-likeness (QED) is 0.878. The van der Waals surface area contributed by atoms with E-state index in [9.17, 15) is 13.2 Å². The van der Waals surface area contributed by atoms with Crippen LogP contribution in [0.3, 0.4) is 0 Å². The van der Waals surface area contributed by atoms with Crippen LogP contribution in [0.5, 0.6) is 0 Å². The van der Waals surface area contributed by atoms with Gasteiger partial charge in [0.05, 0.1) is 10.7 Å². The van der Waals surface area contributed by atoms with Crippen molar-refractivity contribution in [3.63, 3.8) is 0 Å². The van der Waals surface area contributed by atoms with Gasteiger partial charge in [-0.1, -0.05) is 0 Å². The molecule has 0 aliphatic rings. The second-order valence-electron chi connectivity index (χ2n) is 4.36. The number of thiazole rings is 1. The Bertz CT molecular complexity index is 567. The molecular weight excluding hydrogens is 273 g/mol. The highest BCUT2D eigenvalue weighted by Crippen LogP contribution is 2.24. The van der Waals surface area contributed by atoms with Crippen LogP contribution >= 0.6 is 11.3 Å². The van der Waals surface area contributed by atoms with Crippen LogP contribution in [-0.2, 0) is 6.42 Å². The van der Waals surface area contributed by atoms with E-state index >= 15 is 0 Å². The molecule has 0 saturated heterocycles. The van der Waals surface area contributed by atoms with E-state index in [0.717, 1.165) is 27.7 Å². The standard InChI is InChI=1S/C13H13F3N2S/c1-6-7(2)19-12(18-6)5-11(17)8-3-9(14)13(16)10(15)4-8/h3-4,11H,5,17H2,1-2H3. The first-order chi connectivity index (χ1) is 8.88. The van der Waals surface area contributed by atoms with Crippen molar-refractivity contribution in [1.29, 1.82) is 0 Å². The van der Waals surface area contributed by atoms with Gasteiger partial charge in [0, 0.05) is 17.3 Å². The number of nitrogens with zero attached hydrogens (tertiary/aromatic N) is 1. The Hall–Kier alpha value is -1.40. The second kappa shape index (κ2) is 5.30. The fourth-order valence-electron chi connectivity index (χ4n) is 1.72. The number of hydrogen-bond acceptors (Lipinski definition) is 3. The molecular formula is C13H13F3N2S. The number of hydrogen-bond donors (Lipinski definition) is 1. The topological polar surface area (TPSA) is 38.9 Å². The summed E-state index contributed by atoms with van der Waals surface area (Å²) in [5.74, 6) is -3.93. The minimum Gasteiger partial charge on any atom is -0.324 e. The molecule has 0 amide bonds. The molecule has 2 rings (SSSR count). The Morgan fingerprint density at radius 3 is 2.26 bits per heavy atom. The summed E-state index contributed by atoms with van der Waals surface area (Å²) in [7, 11) is 0. The molecule has 2 N–H and O–H groups in total. The number of aryl methyl sites for hydroxylation is 2. The molecule has 6 heteroatoms. The average molecular weight is 286 g/mol. The Morgan fingerprint density at radius 1 is 1.21 bits per heavy atom. The summed E-state index contributed by atoms with van der Waals surface area (Å²) < 4.78 is 39.1. The molecule has 1 aromatic heterocycles. The van der Waals surface area contributed by atoms with Gasteiger partial charge in [-0.05, 0) is 31.5 Å². The summed E-state index contributed by atoms with van der Waals surface area (Å²) >= 11 is 1.50. The van der Waals surface area contributed by atoms with Crippen LogP contribution in [0.25, 0.3) is 0 Å². The van der Waals surface area contributed by atoms with E-state index in [4.69, 9.17) is 5.73 Å². The molecule has 1 unspecified atom stereocenters. The highest BCUT2D eigenvalue weighted by Gasteiger charge is 2.16. The van der Waals surface area contributed by atoms with Gasteiger partial charge in [-0.25, -0.2) is 18.2 Å². The van der Waals surface area contributed by atoms with Crippen LogP contribution < -0.4 is 5.73 Å². The lowest BCUT2D eigenvalue weighted by Gasteiger charge is -2.11. The minimum atomic E-state index is -1.48. The summed E-state index contributed by atoms with van der Waals surface area (Å²) in [4.78, 5) is 5.40. The van der Waals surface area contributed by atoms with E-state index in [1.165, 1.54) is 11.3 Å². The van der Waals surface area contributed by atoms with Gasteiger partial charge in [0.15, 0.2) is 17.5 Å². The summed E-state index contributed by atoms with van der Waals surface area (Å²) in [6.07, 6.45) is 0.365. The fraction of sp³-hybridized carbons (Fsp3) is 0.308. The van der Waals surface area contributed by atoms with Gasteiger partial charge in [-0.15, -0.1) is 11.3 Å². The molecule has 0 aliphatic heterocycles. The minimum absolute atomic E-state index is 0.224. The van der Waals surface area contributed by atoms with Gasteiger partial charge in [-0.2, -0.15) is 0 Å². The molecule has 1 aromatic carbocycles. The van der Waals surface area contributed by atoms with Gasteiger partial charge >= 0.3 is 0 Å². The smallest absolute Gasteiger partial charge is 0.194 e. The van der Waals surface area contributed by atoms with Crippen LogP contribution in [-0.4, -0.2) is 4.98 Å². The first-order valence-corrected chi connectivity index (χ1v) is 6.53. The third-order valence-corrected chi connectivity index (χ3v) is 4.00. The molecule has 0 aliphatic carbocycles. The number of halogens is 3. The van der Waals surface area contributed by atoms with Crippen LogP contribution in [0.15, 0.2) is 12.1 Å². The van der Waals surface area contributed by atoms with E-state index in [-0.39, 0.29) is 5.56 Å². The lowest BCUT2D eigenvalue weighted by molar-refractivity contribution is 0.443. The maximum absolute atomic E-state index is 13.1. The van der Waals surface area contributed by atoms with Crippen molar-refractivity contribution in [2.45, 2.75) is 26.3 Å². The third-order valence-electron chi connectivity index (χ3n) is 2.90. The Balaban J connectivity index is 2.22. The van der Waals surface area contributed by atoms with Crippen molar-refractivity contribution < 1.29 is 13.2 Å². The molecule has 2 aromatic rings. The second-order valence-corrected chi connectivity index (χ2v) is 5.65. The van der Waals surface area contributed by atoms with Crippen LogP contribution in [0.2, 0.25) is 0 Å². The van der Waals surface area contributed by atoms with Crippen LogP contribution in [0, 0.1) is 31.3 Å². The summed E-state index contributed by atoms with van der Waals surface area (Å²) in [6, 6.07) is 1.24. The first-order valence-electron chi connectivity index (χ1n) is 5.71. The SMILES string of the molecule is Cc1nc(CC(N)c2cc(F)c(F)c(F)c2)sc1C. The molecule has 19 heavy (non-hydrogen) atoms. The van der Waals surface area contributed by atoms with Crippen LogP contribution in [0.1, 0.15) is 27.2 Å². The maximum Gasteiger partial charge on any atom is 0.194 e. The third kappa shape index (κ3) is 2.96. The highest BCUT2D eigenvalue weighted by molar-refractivity contribution is 7.11. The van der Waals surface area contributed by atoms with E-state index in [1.54, 1.807) is 0 Å². The molecule has 0 spiro atoms. The molecule has 1 atom stereocenters. The van der Waals surface area contributed by atoms with Crippen LogP contribution in [0.4, 0.5) is 13.2 Å². The Labute approximate surface area is 113 Å². The van der Waals surface area contributed by atoms with Gasteiger partial charge in [0.1, 0.15) is 0 Å². The summed E-state index contributed by atoms with van der Waals surface area (Å²) in [6.45, 7) is 3.83. The predicted octanol–water partition coefficient (Wildman–Crippen LogP) is 3.42. The molecule has 2 nitrogen and oxygen atoms in total.